The first-order valence-corrected chi connectivity index (χ1v) is 7.56. The van der Waals surface area contributed by atoms with E-state index in [2.05, 4.69) is 4.40 Å². The van der Waals surface area contributed by atoms with E-state index in [0.29, 0.717) is 0 Å². The molecule has 0 saturated carbocycles. The normalized spacial score (nSPS) is 11.9. The van der Waals surface area contributed by atoms with Crippen LogP contribution in [0.5, 0.6) is 5.75 Å². The van der Waals surface area contributed by atoms with Crippen molar-refractivity contribution in [2.75, 3.05) is 0 Å². The number of aryl methyl sites for hydroxylation is 1. The Morgan fingerprint density at radius 1 is 1.15 bits per heavy atom. The fourth-order valence-corrected chi connectivity index (χ4v) is 2.61. The third-order valence-corrected chi connectivity index (χ3v) is 4.25. The Hall–Kier alpha value is -1.85. The van der Waals surface area contributed by atoms with Crippen LogP contribution in [-0.2, 0) is 10.0 Å². The van der Waals surface area contributed by atoms with Crippen LogP contribution >= 0.6 is 11.6 Å². The van der Waals surface area contributed by atoms with Gasteiger partial charge >= 0.3 is 0 Å². The molecule has 0 bridgehead atoms. The van der Waals surface area contributed by atoms with Gasteiger partial charge in [-0.25, -0.2) is 0 Å². The Kier molecular flexibility index (Phi) is 4.11. The zero-order valence-electron chi connectivity index (χ0n) is 10.6. The van der Waals surface area contributed by atoms with Crippen LogP contribution in [0.1, 0.15) is 11.1 Å². The van der Waals surface area contributed by atoms with Gasteiger partial charge in [-0.2, -0.15) is 12.8 Å². The van der Waals surface area contributed by atoms with Gasteiger partial charge in [0.2, 0.25) is 0 Å². The summed E-state index contributed by atoms with van der Waals surface area (Å²) in [6, 6.07) is 10.9. The van der Waals surface area contributed by atoms with Crippen molar-refractivity contribution >= 4 is 27.8 Å². The van der Waals surface area contributed by atoms with E-state index < -0.39 is 10.0 Å². The van der Waals surface area contributed by atoms with Crippen molar-refractivity contribution in [1.82, 2.24) is 0 Å². The second-order valence-corrected chi connectivity index (χ2v) is 6.23. The number of hydrogen-bond acceptors (Lipinski definition) is 3. The molecule has 0 aromatic heterocycles. The van der Waals surface area contributed by atoms with Crippen LogP contribution in [0.3, 0.4) is 0 Å². The number of sulfonamides is 1. The lowest BCUT2D eigenvalue weighted by molar-refractivity contribution is 0.474. The standard InChI is InChI=1S/C14H12ClNO3S/c1-10-5-7-11(8-6-10)20(18,19)16-9-12-13(15)3-2-4-14(12)17/h2-9,17H,1H3. The van der Waals surface area contributed by atoms with Crippen molar-refractivity contribution in [1.29, 1.82) is 0 Å². The number of aromatic hydroxyl groups is 1. The zero-order valence-corrected chi connectivity index (χ0v) is 12.2. The highest BCUT2D eigenvalue weighted by molar-refractivity contribution is 7.90. The van der Waals surface area contributed by atoms with Crippen LogP contribution in [0.15, 0.2) is 51.8 Å². The molecule has 0 saturated heterocycles. The van der Waals surface area contributed by atoms with E-state index in [-0.39, 0.29) is 21.2 Å². The Labute approximate surface area is 122 Å². The van der Waals surface area contributed by atoms with Crippen molar-refractivity contribution in [2.45, 2.75) is 11.8 Å². The van der Waals surface area contributed by atoms with Gasteiger partial charge in [0.25, 0.3) is 10.0 Å². The lowest BCUT2D eigenvalue weighted by Gasteiger charge is -2.02. The van der Waals surface area contributed by atoms with E-state index in [0.717, 1.165) is 11.8 Å². The third kappa shape index (κ3) is 3.18. The fraction of sp³-hybridized carbons (Fsp3) is 0.0714. The lowest BCUT2D eigenvalue weighted by atomic mass is 10.2. The summed E-state index contributed by atoms with van der Waals surface area (Å²) in [6.07, 6.45) is 1.05. The molecule has 0 unspecified atom stereocenters. The number of halogens is 1. The van der Waals surface area contributed by atoms with Gasteiger partial charge in [0.15, 0.2) is 0 Å². The first kappa shape index (κ1) is 14.6. The monoisotopic (exact) mass is 309 g/mol. The van der Waals surface area contributed by atoms with Crippen molar-refractivity contribution in [3.63, 3.8) is 0 Å². The van der Waals surface area contributed by atoms with Crippen LogP contribution in [0.4, 0.5) is 0 Å². The maximum Gasteiger partial charge on any atom is 0.282 e. The van der Waals surface area contributed by atoms with E-state index in [1.54, 1.807) is 24.3 Å². The number of phenolic OH excluding ortho intramolecular Hbond substituents is 1. The van der Waals surface area contributed by atoms with Crippen LogP contribution in [0, 0.1) is 6.92 Å². The summed E-state index contributed by atoms with van der Waals surface area (Å²) in [6.45, 7) is 1.86. The maximum absolute atomic E-state index is 12.0. The van der Waals surface area contributed by atoms with Gasteiger partial charge in [-0.15, -0.1) is 0 Å². The zero-order chi connectivity index (χ0) is 14.8. The summed E-state index contributed by atoms with van der Waals surface area (Å²) in [7, 11) is -3.81. The molecule has 0 fully saturated rings. The number of phenols is 1. The quantitative estimate of drug-likeness (QED) is 0.886. The Balaban J connectivity index is 2.37. The molecule has 20 heavy (non-hydrogen) atoms. The molecule has 1 N–H and O–H groups in total. The average molecular weight is 310 g/mol. The topological polar surface area (TPSA) is 66.7 Å². The molecule has 0 spiro atoms. The molecule has 0 amide bonds. The number of rotatable bonds is 3. The van der Waals surface area contributed by atoms with Gasteiger partial charge < -0.3 is 5.11 Å². The predicted octanol–water partition coefficient (Wildman–Crippen LogP) is 3.16. The third-order valence-electron chi connectivity index (χ3n) is 2.67. The average Bonchev–Trinajstić information content (AvgIpc) is 2.38. The van der Waals surface area contributed by atoms with Gasteiger partial charge in [0, 0.05) is 0 Å². The lowest BCUT2D eigenvalue weighted by Crippen LogP contribution is -1.98. The molecule has 0 radical (unpaired) electrons. The number of benzene rings is 2. The molecule has 0 aliphatic carbocycles. The van der Waals surface area contributed by atoms with Crippen molar-refractivity contribution in [3.8, 4) is 5.75 Å². The largest absolute Gasteiger partial charge is 0.507 e. The van der Waals surface area contributed by atoms with E-state index in [1.165, 1.54) is 18.2 Å². The summed E-state index contributed by atoms with van der Waals surface area (Å²) >= 11 is 5.88. The first-order valence-electron chi connectivity index (χ1n) is 5.74. The first-order chi connectivity index (χ1) is 9.40. The second kappa shape index (κ2) is 5.64. The van der Waals surface area contributed by atoms with Gasteiger partial charge in [0.1, 0.15) is 5.75 Å². The molecule has 0 aliphatic rings. The van der Waals surface area contributed by atoms with Crippen LogP contribution in [0.25, 0.3) is 0 Å². The van der Waals surface area contributed by atoms with E-state index in [4.69, 9.17) is 11.6 Å². The van der Waals surface area contributed by atoms with Gasteiger partial charge in [-0.05, 0) is 31.2 Å². The molecule has 104 valence electrons. The van der Waals surface area contributed by atoms with Crippen molar-refractivity contribution in [3.05, 3.63) is 58.6 Å². The molecule has 0 heterocycles. The van der Waals surface area contributed by atoms with E-state index in [9.17, 15) is 13.5 Å². The highest BCUT2D eigenvalue weighted by atomic mass is 35.5. The minimum Gasteiger partial charge on any atom is -0.507 e. The van der Waals surface area contributed by atoms with Crippen molar-refractivity contribution in [2.24, 2.45) is 4.40 Å². The Bertz CT molecular complexity index is 732. The van der Waals surface area contributed by atoms with Gasteiger partial charge in [-0.1, -0.05) is 35.4 Å². The summed E-state index contributed by atoms with van der Waals surface area (Å²) in [5.74, 6) is -0.125. The minimum atomic E-state index is -3.81. The summed E-state index contributed by atoms with van der Waals surface area (Å²) in [5, 5.41) is 9.85. The second-order valence-electron chi connectivity index (χ2n) is 4.20. The van der Waals surface area contributed by atoms with Crippen molar-refractivity contribution < 1.29 is 13.5 Å². The van der Waals surface area contributed by atoms with Crippen LogP contribution in [0.2, 0.25) is 5.02 Å². The van der Waals surface area contributed by atoms with Crippen LogP contribution in [-0.4, -0.2) is 19.7 Å². The highest BCUT2D eigenvalue weighted by Crippen LogP contribution is 2.24. The SMILES string of the molecule is Cc1ccc(S(=O)(=O)N=Cc2c(O)cccc2Cl)cc1. The molecule has 2 aromatic rings. The summed E-state index contributed by atoms with van der Waals surface area (Å²) < 4.78 is 27.6. The molecular weight excluding hydrogens is 298 g/mol. The molecule has 2 aromatic carbocycles. The smallest absolute Gasteiger partial charge is 0.282 e. The molecule has 6 heteroatoms. The molecule has 4 nitrogen and oxygen atoms in total. The van der Waals surface area contributed by atoms with E-state index in [1.807, 2.05) is 6.92 Å². The fourth-order valence-electron chi connectivity index (χ4n) is 1.55. The molecule has 0 atom stereocenters. The highest BCUT2D eigenvalue weighted by Gasteiger charge is 2.12. The molecule has 0 aliphatic heterocycles. The van der Waals surface area contributed by atoms with E-state index >= 15 is 0 Å². The van der Waals surface area contributed by atoms with Crippen LogP contribution < -0.4 is 0 Å². The number of nitrogens with zero attached hydrogens (tertiary/aromatic N) is 1. The maximum atomic E-state index is 12.0. The summed E-state index contributed by atoms with van der Waals surface area (Å²) in [5.41, 5.74) is 1.13. The minimum absolute atomic E-state index is 0.0888. The molecular formula is C14H12ClNO3S. The Morgan fingerprint density at radius 2 is 1.80 bits per heavy atom. The Morgan fingerprint density at radius 3 is 2.40 bits per heavy atom. The number of hydrogen-bond donors (Lipinski definition) is 1. The summed E-state index contributed by atoms with van der Waals surface area (Å²) in [4.78, 5) is 0.0888. The van der Waals surface area contributed by atoms with Gasteiger partial charge in [-0.3, -0.25) is 0 Å². The van der Waals surface area contributed by atoms with Gasteiger partial charge in [0.05, 0.1) is 21.7 Å². The predicted molar refractivity (Wildman–Crippen MR) is 79.1 cm³/mol. The molecule has 2 rings (SSSR count).